The van der Waals surface area contributed by atoms with E-state index in [1.54, 1.807) is 13.0 Å². The van der Waals surface area contributed by atoms with Crippen LogP contribution in [0.15, 0.2) is 10.7 Å². The zero-order valence-electron chi connectivity index (χ0n) is 11.2. The minimum Gasteiger partial charge on any atom is -0.377 e. The van der Waals surface area contributed by atoms with Gasteiger partial charge in [-0.1, -0.05) is 24.4 Å². The molecule has 0 saturated carbocycles. The Bertz CT molecular complexity index is 460. The monoisotopic (exact) mass is 265 g/mol. The summed E-state index contributed by atoms with van der Waals surface area (Å²) < 4.78 is 5.00. The van der Waals surface area contributed by atoms with E-state index in [-0.39, 0.29) is 11.4 Å². The molecular formula is C13H19N3O3. The van der Waals surface area contributed by atoms with E-state index in [0.717, 1.165) is 13.1 Å². The van der Waals surface area contributed by atoms with Crippen molar-refractivity contribution in [3.63, 3.8) is 0 Å². The summed E-state index contributed by atoms with van der Waals surface area (Å²) >= 11 is 0. The van der Waals surface area contributed by atoms with Crippen LogP contribution in [0.2, 0.25) is 0 Å². The predicted octanol–water partition coefficient (Wildman–Crippen LogP) is 3.13. The molecule has 1 aliphatic heterocycles. The highest BCUT2D eigenvalue weighted by Crippen LogP contribution is 2.24. The quantitative estimate of drug-likeness (QED) is 0.620. The molecule has 0 aliphatic carbocycles. The summed E-state index contributed by atoms with van der Waals surface area (Å²) in [5.41, 5.74) is 0.278. The molecule has 0 N–H and O–H groups in total. The number of nitrogens with zero attached hydrogens (tertiary/aromatic N) is 3. The van der Waals surface area contributed by atoms with Crippen molar-refractivity contribution in [3.05, 3.63) is 27.8 Å². The Morgan fingerprint density at radius 2 is 1.89 bits per heavy atom. The third kappa shape index (κ3) is 3.56. The number of likely N-dealkylation sites (tertiary alicyclic amines) is 1. The van der Waals surface area contributed by atoms with Crippen molar-refractivity contribution >= 4 is 11.8 Å². The van der Waals surface area contributed by atoms with Crippen LogP contribution in [-0.2, 0) is 0 Å². The van der Waals surface area contributed by atoms with E-state index in [1.165, 1.54) is 32.1 Å². The summed E-state index contributed by atoms with van der Waals surface area (Å²) in [5.74, 6) is 0.226. The molecule has 0 atom stereocenters. The summed E-state index contributed by atoms with van der Waals surface area (Å²) in [6, 6.07) is 0. The molecule has 0 bridgehead atoms. The topological polar surface area (TPSA) is 72.4 Å². The minimum absolute atomic E-state index is 0.0386. The number of aromatic nitrogens is 1. The van der Waals surface area contributed by atoms with Gasteiger partial charge in [0.1, 0.15) is 0 Å². The van der Waals surface area contributed by atoms with Crippen LogP contribution in [0.3, 0.4) is 0 Å². The van der Waals surface area contributed by atoms with Gasteiger partial charge in [0, 0.05) is 25.4 Å². The van der Waals surface area contributed by atoms with Gasteiger partial charge in [-0.05, 0) is 19.8 Å². The maximum absolute atomic E-state index is 10.9. The van der Waals surface area contributed by atoms with E-state index in [4.69, 9.17) is 4.52 Å². The molecule has 1 aliphatic rings. The lowest BCUT2D eigenvalue weighted by Crippen LogP contribution is -2.21. The van der Waals surface area contributed by atoms with Gasteiger partial charge < -0.3 is 9.42 Å². The van der Waals surface area contributed by atoms with E-state index in [1.807, 2.05) is 6.20 Å². The molecule has 1 aromatic heterocycles. The van der Waals surface area contributed by atoms with Gasteiger partial charge >= 0.3 is 5.69 Å². The molecule has 1 saturated heterocycles. The Hall–Kier alpha value is -1.85. The van der Waals surface area contributed by atoms with Gasteiger partial charge in [-0.3, -0.25) is 10.1 Å². The Balaban J connectivity index is 2.06. The zero-order chi connectivity index (χ0) is 13.7. The van der Waals surface area contributed by atoms with Crippen LogP contribution in [0.5, 0.6) is 0 Å². The first-order chi connectivity index (χ1) is 9.18. The first-order valence-electron chi connectivity index (χ1n) is 6.71. The van der Waals surface area contributed by atoms with Gasteiger partial charge in [0.2, 0.25) is 5.76 Å². The second-order valence-electron chi connectivity index (χ2n) is 4.86. The molecule has 1 fully saturated rings. The summed E-state index contributed by atoms with van der Waals surface area (Å²) in [5, 5.41) is 14.6. The highest BCUT2D eigenvalue weighted by Gasteiger charge is 2.22. The fraction of sp³-hybridized carbons (Fsp3) is 0.615. The summed E-state index contributed by atoms with van der Waals surface area (Å²) in [7, 11) is 0. The summed E-state index contributed by atoms with van der Waals surface area (Å²) in [6.07, 6.45) is 9.70. The van der Waals surface area contributed by atoms with Crippen molar-refractivity contribution in [1.82, 2.24) is 10.1 Å². The van der Waals surface area contributed by atoms with Crippen LogP contribution in [-0.4, -0.2) is 28.1 Å². The Morgan fingerprint density at radius 1 is 1.26 bits per heavy atom. The average Bonchev–Trinajstić information content (AvgIpc) is 2.69. The molecule has 6 heteroatoms. The molecule has 1 aromatic rings. The number of aryl methyl sites for hydroxylation is 1. The van der Waals surface area contributed by atoms with Gasteiger partial charge in [-0.15, -0.1) is 0 Å². The molecule has 104 valence electrons. The normalized spacial score (nSPS) is 17.4. The predicted molar refractivity (Wildman–Crippen MR) is 71.6 cm³/mol. The van der Waals surface area contributed by atoms with E-state index < -0.39 is 4.92 Å². The van der Waals surface area contributed by atoms with Crippen LogP contribution >= 0.6 is 0 Å². The third-order valence-corrected chi connectivity index (χ3v) is 3.37. The van der Waals surface area contributed by atoms with Gasteiger partial charge in [0.15, 0.2) is 5.69 Å². The van der Waals surface area contributed by atoms with Crippen molar-refractivity contribution in [2.45, 2.75) is 39.0 Å². The number of hydrogen-bond donors (Lipinski definition) is 0. The zero-order valence-corrected chi connectivity index (χ0v) is 11.2. The van der Waals surface area contributed by atoms with Crippen LogP contribution in [0.25, 0.3) is 6.08 Å². The molecule has 0 radical (unpaired) electrons. The SMILES string of the molecule is Cc1noc(/C=C/N2CCCCCCC2)c1[N+](=O)[O-]. The van der Waals surface area contributed by atoms with Gasteiger partial charge in [0.25, 0.3) is 0 Å². The van der Waals surface area contributed by atoms with E-state index in [9.17, 15) is 10.1 Å². The minimum atomic E-state index is -0.445. The molecule has 0 spiro atoms. The molecule has 0 amide bonds. The second-order valence-corrected chi connectivity index (χ2v) is 4.86. The Morgan fingerprint density at radius 3 is 2.53 bits per heavy atom. The number of rotatable bonds is 3. The fourth-order valence-electron chi connectivity index (χ4n) is 2.31. The molecule has 19 heavy (non-hydrogen) atoms. The highest BCUT2D eigenvalue weighted by molar-refractivity contribution is 5.56. The smallest absolute Gasteiger partial charge is 0.338 e. The Labute approximate surface area is 112 Å². The van der Waals surface area contributed by atoms with E-state index in [0.29, 0.717) is 5.69 Å². The lowest BCUT2D eigenvalue weighted by atomic mass is 10.1. The average molecular weight is 265 g/mol. The maximum Gasteiger partial charge on any atom is 0.338 e. The van der Waals surface area contributed by atoms with Crippen LogP contribution < -0.4 is 0 Å². The summed E-state index contributed by atoms with van der Waals surface area (Å²) in [6.45, 7) is 3.57. The highest BCUT2D eigenvalue weighted by atomic mass is 16.6. The van der Waals surface area contributed by atoms with Crippen molar-refractivity contribution in [2.24, 2.45) is 0 Å². The molecule has 6 nitrogen and oxygen atoms in total. The van der Waals surface area contributed by atoms with Gasteiger partial charge in [-0.25, -0.2) is 0 Å². The second kappa shape index (κ2) is 6.36. The van der Waals surface area contributed by atoms with E-state index >= 15 is 0 Å². The van der Waals surface area contributed by atoms with Gasteiger partial charge in [0.05, 0.1) is 4.92 Å². The van der Waals surface area contributed by atoms with Crippen molar-refractivity contribution in [1.29, 1.82) is 0 Å². The van der Waals surface area contributed by atoms with Crippen molar-refractivity contribution in [2.75, 3.05) is 13.1 Å². The Kier molecular flexibility index (Phi) is 4.54. The summed E-state index contributed by atoms with van der Waals surface area (Å²) in [4.78, 5) is 12.7. The molecule has 2 heterocycles. The fourth-order valence-corrected chi connectivity index (χ4v) is 2.31. The van der Waals surface area contributed by atoms with Crippen molar-refractivity contribution in [3.8, 4) is 0 Å². The molecule has 2 rings (SSSR count). The van der Waals surface area contributed by atoms with Crippen molar-refractivity contribution < 1.29 is 9.45 Å². The first-order valence-corrected chi connectivity index (χ1v) is 6.71. The lowest BCUT2D eigenvalue weighted by molar-refractivity contribution is -0.386. The standard InChI is InChI=1S/C13H19N3O3/c1-11-13(16(17)18)12(19-14-11)7-10-15-8-5-3-2-4-6-9-15/h7,10H,2-6,8-9H2,1H3/b10-7+. The van der Waals surface area contributed by atoms with Crippen LogP contribution in [0, 0.1) is 17.0 Å². The number of hydrogen-bond acceptors (Lipinski definition) is 5. The van der Waals surface area contributed by atoms with Crippen LogP contribution in [0.1, 0.15) is 43.6 Å². The largest absolute Gasteiger partial charge is 0.377 e. The molecular weight excluding hydrogens is 246 g/mol. The van der Waals surface area contributed by atoms with Gasteiger partial charge in [-0.2, -0.15) is 0 Å². The van der Waals surface area contributed by atoms with E-state index in [2.05, 4.69) is 10.1 Å². The first kappa shape index (κ1) is 13.6. The molecule has 0 aromatic carbocycles. The maximum atomic E-state index is 10.9. The molecule has 0 unspecified atom stereocenters. The number of nitro groups is 1. The lowest BCUT2D eigenvalue weighted by Gasteiger charge is -2.22. The third-order valence-electron chi connectivity index (χ3n) is 3.37. The van der Waals surface area contributed by atoms with Crippen LogP contribution in [0.4, 0.5) is 5.69 Å².